The molecule has 0 saturated carbocycles. The lowest BCUT2D eigenvalue weighted by molar-refractivity contribution is -0.132. The largest absolute Gasteiger partial charge is 0.396 e. The summed E-state index contributed by atoms with van der Waals surface area (Å²) in [7, 11) is 0. The second-order valence-electron chi connectivity index (χ2n) is 4.38. The number of carbonyl (C=O) groups is 2. The zero-order valence-corrected chi connectivity index (χ0v) is 11.0. The highest BCUT2D eigenvalue weighted by Crippen LogP contribution is 2.06. The number of nitrogens with one attached hydrogen (secondary N) is 1. The zero-order valence-electron chi connectivity index (χ0n) is 11.0. The summed E-state index contributed by atoms with van der Waals surface area (Å²) >= 11 is 0. The average molecular weight is 257 g/mol. The first-order valence-corrected chi connectivity index (χ1v) is 6.60. The zero-order chi connectivity index (χ0) is 13.4. The van der Waals surface area contributed by atoms with Gasteiger partial charge >= 0.3 is 6.03 Å². The van der Waals surface area contributed by atoms with E-state index in [2.05, 4.69) is 5.32 Å². The maximum Gasteiger partial charge on any atom is 0.317 e. The van der Waals surface area contributed by atoms with E-state index < -0.39 is 0 Å². The van der Waals surface area contributed by atoms with Crippen molar-refractivity contribution in [2.24, 2.45) is 0 Å². The van der Waals surface area contributed by atoms with Crippen molar-refractivity contribution in [1.29, 1.82) is 0 Å². The van der Waals surface area contributed by atoms with Crippen LogP contribution in [0.3, 0.4) is 0 Å². The number of amides is 3. The second kappa shape index (κ2) is 7.92. The Balaban J connectivity index is 2.26. The third kappa shape index (κ3) is 4.52. The van der Waals surface area contributed by atoms with Crippen LogP contribution in [0.4, 0.5) is 4.79 Å². The van der Waals surface area contributed by atoms with Crippen molar-refractivity contribution in [1.82, 2.24) is 15.1 Å². The molecule has 0 aromatic heterocycles. The molecule has 0 atom stereocenters. The predicted molar refractivity (Wildman–Crippen MR) is 68.2 cm³/mol. The fraction of sp³-hybridized carbons (Fsp3) is 0.833. The summed E-state index contributed by atoms with van der Waals surface area (Å²) < 4.78 is 0. The van der Waals surface area contributed by atoms with Gasteiger partial charge in [-0.05, 0) is 19.8 Å². The van der Waals surface area contributed by atoms with Gasteiger partial charge in [0, 0.05) is 45.8 Å². The molecule has 1 aliphatic rings. The average Bonchev–Trinajstić information content (AvgIpc) is 2.39. The molecule has 1 rings (SSSR count). The third-order valence-electron chi connectivity index (χ3n) is 3.05. The van der Waals surface area contributed by atoms with Crippen LogP contribution in [0.1, 0.15) is 26.2 Å². The number of hydrogen-bond acceptors (Lipinski definition) is 3. The Bertz CT molecular complexity index is 276. The van der Waals surface area contributed by atoms with Crippen LogP contribution in [-0.2, 0) is 4.79 Å². The molecular formula is C12H23N3O3. The van der Waals surface area contributed by atoms with Gasteiger partial charge in [-0.2, -0.15) is 0 Å². The summed E-state index contributed by atoms with van der Waals surface area (Å²) in [4.78, 5) is 26.9. The van der Waals surface area contributed by atoms with E-state index in [9.17, 15) is 9.59 Å². The molecule has 3 amide bonds. The second-order valence-corrected chi connectivity index (χ2v) is 4.38. The molecule has 0 radical (unpaired) electrons. The van der Waals surface area contributed by atoms with E-state index in [1.807, 2.05) is 6.92 Å². The highest BCUT2D eigenvalue weighted by molar-refractivity contribution is 5.77. The van der Waals surface area contributed by atoms with E-state index in [1.54, 1.807) is 9.80 Å². The van der Waals surface area contributed by atoms with Crippen molar-refractivity contribution in [2.75, 3.05) is 39.3 Å². The fourth-order valence-corrected chi connectivity index (χ4v) is 1.97. The summed E-state index contributed by atoms with van der Waals surface area (Å²) in [6.45, 7) is 5.05. The topological polar surface area (TPSA) is 72.9 Å². The molecule has 6 heteroatoms. The van der Waals surface area contributed by atoms with Crippen LogP contribution in [0, 0.1) is 0 Å². The first-order chi connectivity index (χ1) is 8.69. The lowest BCUT2D eigenvalue weighted by atomic mass is 10.2. The summed E-state index contributed by atoms with van der Waals surface area (Å²) in [5.41, 5.74) is 0. The number of aliphatic hydroxyl groups is 1. The molecule has 104 valence electrons. The van der Waals surface area contributed by atoms with Crippen molar-refractivity contribution in [3.63, 3.8) is 0 Å². The molecule has 0 aromatic rings. The number of aliphatic hydroxyl groups excluding tert-OH is 1. The van der Waals surface area contributed by atoms with Crippen molar-refractivity contribution in [2.45, 2.75) is 26.2 Å². The molecule has 18 heavy (non-hydrogen) atoms. The van der Waals surface area contributed by atoms with Crippen LogP contribution in [0.2, 0.25) is 0 Å². The van der Waals surface area contributed by atoms with Crippen LogP contribution in [0.15, 0.2) is 0 Å². The first-order valence-electron chi connectivity index (χ1n) is 6.60. The van der Waals surface area contributed by atoms with E-state index >= 15 is 0 Å². The molecule has 1 saturated heterocycles. The Kier molecular flexibility index (Phi) is 6.49. The lowest BCUT2D eigenvalue weighted by Crippen LogP contribution is -2.53. The first kappa shape index (κ1) is 14.8. The number of unbranched alkanes of at least 4 members (excludes halogenated alkanes) is 1. The maximum atomic E-state index is 11.8. The van der Waals surface area contributed by atoms with Gasteiger partial charge in [-0.25, -0.2) is 4.79 Å². The summed E-state index contributed by atoms with van der Waals surface area (Å²) in [6.07, 6.45) is 1.89. The molecule has 1 aliphatic heterocycles. The molecule has 6 nitrogen and oxygen atoms in total. The van der Waals surface area contributed by atoms with E-state index in [0.29, 0.717) is 45.6 Å². The Morgan fingerprint density at radius 1 is 1.11 bits per heavy atom. The minimum absolute atomic E-state index is 0.0510. The highest BCUT2D eigenvalue weighted by Gasteiger charge is 2.23. The molecule has 0 unspecified atom stereocenters. The maximum absolute atomic E-state index is 11.8. The monoisotopic (exact) mass is 257 g/mol. The molecular weight excluding hydrogens is 234 g/mol. The molecule has 0 spiro atoms. The molecule has 1 heterocycles. The van der Waals surface area contributed by atoms with Crippen molar-refractivity contribution in [3.8, 4) is 0 Å². The number of rotatable bonds is 5. The standard InChI is InChI=1S/C12H23N3O3/c1-2-13-12(18)15-8-6-14(7-9-15)11(17)5-3-4-10-16/h16H,2-10H2,1H3,(H,13,18). The SMILES string of the molecule is CCNC(=O)N1CCN(C(=O)CCCCO)CC1. The van der Waals surface area contributed by atoms with E-state index in [-0.39, 0.29) is 18.5 Å². The van der Waals surface area contributed by atoms with Gasteiger partial charge in [-0.1, -0.05) is 0 Å². The smallest absolute Gasteiger partial charge is 0.317 e. The van der Waals surface area contributed by atoms with Gasteiger partial charge in [0.25, 0.3) is 0 Å². The summed E-state index contributed by atoms with van der Waals surface area (Å²) in [6, 6.07) is -0.0510. The van der Waals surface area contributed by atoms with E-state index in [4.69, 9.17) is 5.11 Å². The van der Waals surface area contributed by atoms with Crippen molar-refractivity contribution >= 4 is 11.9 Å². The Morgan fingerprint density at radius 3 is 2.28 bits per heavy atom. The number of hydrogen-bond donors (Lipinski definition) is 2. The Hall–Kier alpha value is -1.30. The number of nitrogens with zero attached hydrogens (tertiary/aromatic N) is 2. The van der Waals surface area contributed by atoms with Gasteiger partial charge in [0.2, 0.25) is 5.91 Å². The summed E-state index contributed by atoms with van der Waals surface area (Å²) in [5, 5.41) is 11.4. The molecule has 1 fully saturated rings. The molecule has 2 N–H and O–H groups in total. The molecule has 0 bridgehead atoms. The quantitative estimate of drug-likeness (QED) is 0.682. The molecule has 0 aliphatic carbocycles. The van der Waals surface area contributed by atoms with Crippen LogP contribution < -0.4 is 5.32 Å². The number of urea groups is 1. The van der Waals surface area contributed by atoms with Gasteiger partial charge in [-0.3, -0.25) is 4.79 Å². The van der Waals surface area contributed by atoms with Crippen molar-refractivity contribution < 1.29 is 14.7 Å². The van der Waals surface area contributed by atoms with Gasteiger partial charge in [0.15, 0.2) is 0 Å². The van der Waals surface area contributed by atoms with Crippen LogP contribution in [0.25, 0.3) is 0 Å². The van der Waals surface area contributed by atoms with E-state index in [0.717, 1.165) is 6.42 Å². The van der Waals surface area contributed by atoms with E-state index in [1.165, 1.54) is 0 Å². The van der Waals surface area contributed by atoms with Crippen molar-refractivity contribution in [3.05, 3.63) is 0 Å². The van der Waals surface area contributed by atoms with Crippen LogP contribution in [0.5, 0.6) is 0 Å². The molecule has 0 aromatic carbocycles. The number of piperazine rings is 1. The Labute approximate surface area is 108 Å². The minimum atomic E-state index is -0.0510. The van der Waals surface area contributed by atoms with Crippen LogP contribution >= 0.6 is 0 Å². The minimum Gasteiger partial charge on any atom is -0.396 e. The van der Waals surface area contributed by atoms with Gasteiger partial charge in [-0.15, -0.1) is 0 Å². The Morgan fingerprint density at radius 2 is 1.72 bits per heavy atom. The van der Waals surface area contributed by atoms with Crippen LogP contribution in [-0.4, -0.2) is 66.2 Å². The van der Waals surface area contributed by atoms with Gasteiger partial charge in [0.1, 0.15) is 0 Å². The normalized spacial score (nSPS) is 15.7. The fourth-order valence-electron chi connectivity index (χ4n) is 1.97. The number of carbonyl (C=O) groups excluding carboxylic acids is 2. The third-order valence-corrected chi connectivity index (χ3v) is 3.05. The van der Waals surface area contributed by atoms with Gasteiger partial charge in [0.05, 0.1) is 0 Å². The lowest BCUT2D eigenvalue weighted by Gasteiger charge is -2.34. The summed E-state index contributed by atoms with van der Waals surface area (Å²) in [5.74, 6) is 0.124. The highest BCUT2D eigenvalue weighted by atomic mass is 16.3. The predicted octanol–water partition coefficient (Wildman–Crippen LogP) is 0.0227. The van der Waals surface area contributed by atoms with Gasteiger partial charge < -0.3 is 20.2 Å².